The van der Waals surface area contributed by atoms with Crippen molar-refractivity contribution in [3.63, 3.8) is 0 Å². The number of hydrogen-bond donors (Lipinski definition) is 4. The quantitative estimate of drug-likeness (QED) is 0.305. The van der Waals surface area contributed by atoms with Gasteiger partial charge in [-0.3, -0.25) is 14.2 Å². The van der Waals surface area contributed by atoms with Crippen LogP contribution in [0.15, 0.2) is 0 Å². The second-order valence-corrected chi connectivity index (χ2v) is 7.05. The molecule has 3 fully saturated rings. The topological polar surface area (TPSA) is 141 Å². The first-order chi connectivity index (χ1) is 12.0. The molecule has 3 unspecified atom stereocenters. The van der Waals surface area contributed by atoms with Gasteiger partial charge in [0, 0.05) is 25.7 Å². The predicted molar refractivity (Wildman–Crippen MR) is 83.7 cm³/mol. The largest absolute Gasteiger partial charge is 0.396 e. The van der Waals surface area contributed by atoms with Gasteiger partial charge in [-0.25, -0.2) is 10.3 Å². The first kappa shape index (κ1) is 18.5. The van der Waals surface area contributed by atoms with Crippen molar-refractivity contribution in [1.29, 1.82) is 0 Å². The van der Waals surface area contributed by atoms with Crippen LogP contribution in [-0.4, -0.2) is 80.2 Å². The van der Waals surface area contributed by atoms with Crippen LogP contribution in [0.4, 0.5) is 4.79 Å². The van der Waals surface area contributed by atoms with E-state index in [2.05, 4.69) is 15.1 Å². The molecule has 3 aliphatic heterocycles. The van der Waals surface area contributed by atoms with Gasteiger partial charge in [-0.2, -0.15) is 9.27 Å². The smallest absolute Gasteiger partial charge is 0.346 e. The number of hydrogen-bond acceptors (Lipinski definition) is 7. The van der Waals surface area contributed by atoms with Gasteiger partial charge in [0.05, 0.1) is 12.6 Å². The van der Waals surface area contributed by atoms with Crippen molar-refractivity contribution in [2.45, 2.75) is 37.4 Å². The fraction of sp³-hybridized carbons (Fsp3) is 0.846. The normalized spacial score (nSPS) is 33.0. The number of nitrogens with one attached hydrogen (secondary N) is 2. The highest BCUT2D eigenvalue weighted by molar-refractivity contribution is 7.74. The maximum Gasteiger partial charge on any atom is 0.346 e. The molecule has 3 rings (SSSR count). The van der Waals surface area contributed by atoms with Crippen LogP contribution in [0.2, 0.25) is 0 Å². The van der Waals surface area contributed by atoms with Gasteiger partial charge in [0.1, 0.15) is 6.04 Å². The molecule has 11 nitrogen and oxygen atoms in total. The first-order valence-corrected chi connectivity index (χ1v) is 9.17. The summed E-state index contributed by atoms with van der Waals surface area (Å²) in [5, 5.41) is 13.1. The minimum absolute atomic E-state index is 0.0602. The third-order valence-electron chi connectivity index (χ3n) is 4.80. The molecule has 0 radical (unpaired) electrons. The van der Waals surface area contributed by atoms with Crippen LogP contribution < -0.4 is 10.8 Å². The van der Waals surface area contributed by atoms with E-state index in [1.165, 1.54) is 4.90 Å². The molecule has 142 valence electrons. The molecule has 3 heterocycles. The Balaban J connectivity index is 1.47. The molecule has 0 saturated carbocycles. The summed E-state index contributed by atoms with van der Waals surface area (Å²) in [5.74, 6) is -0.236. The fourth-order valence-electron chi connectivity index (χ4n) is 3.52. The van der Waals surface area contributed by atoms with Crippen molar-refractivity contribution in [2.75, 3.05) is 26.3 Å². The summed E-state index contributed by atoms with van der Waals surface area (Å²) in [5.41, 5.74) is 2.37. The van der Waals surface area contributed by atoms with Gasteiger partial charge in [-0.1, -0.05) is 0 Å². The van der Waals surface area contributed by atoms with Crippen molar-refractivity contribution in [3.05, 3.63) is 0 Å². The Morgan fingerprint density at radius 2 is 2.24 bits per heavy atom. The van der Waals surface area contributed by atoms with E-state index in [0.29, 0.717) is 19.4 Å². The summed E-state index contributed by atoms with van der Waals surface area (Å²) in [7, 11) is 0. The summed E-state index contributed by atoms with van der Waals surface area (Å²) in [6.45, 7) is 1.36. The Morgan fingerprint density at radius 3 is 2.92 bits per heavy atom. The first-order valence-electron chi connectivity index (χ1n) is 8.14. The number of piperidine rings is 1. The zero-order valence-electron chi connectivity index (χ0n) is 13.5. The molecule has 0 spiro atoms. The molecule has 0 aromatic carbocycles. The molecule has 3 amide bonds. The molecule has 12 heteroatoms. The van der Waals surface area contributed by atoms with Crippen LogP contribution in [0, 0.1) is 5.92 Å². The lowest BCUT2D eigenvalue weighted by Crippen LogP contribution is -2.50. The van der Waals surface area contributed by atoms with Crippen molar-refractivity contribution in [3.8, 4) is 0 Å². The molecule has 3 aliphatic rings. The van der Waals surface area contributed by atoms with Crippen LogP contribution in [0.5, 0.6) is 0 Å². The lowest BCUT2D eigenvalue weighted by molar-refractivity contribution is -0.139. The molecule has 0 aromatic rings. The highest BCUT2D eigenvalue weighted by Crippen LogP contribution is 2.30. The van der Waals surface area contributed by atoms with Crippen molar-refractivity contribution in [1.82, 2.24) is 20.8 Å². The molecule has 5 atom stereocenters. The average molecular weight is 378 g/mol. The van der Waals surface area contributed by atoms with Gasteiger partial charge in [0.2, 0.25) is 0 Å². The van der Waals surface area contributed by atoms with Gasteiger partial charge in [0.15, 0.2) is 0 Å². The van der Waals surface area contributed by atoms with E-state index in [1.54, 1.807) is 0 Å². The van der Waals surface area contributed by atoms with Gasteiger partial charge in [-0.05, 0) is 25.2 Å². The van der Waals surface area contributed by atoms with Crippen LogP contribution in [0.25, 0.3) is 0 Å². The molecular formula is C13H22N4O7S. The van der Waals surface area contributed by atoms with Crippen LogP contribution in [0.3, 0.4) is 0 Å². The van der Waals surface area contributed by atoms with Crippen LogP contribution in [0.1, 0.15) is 19.3 Å². The number of carbonyl (C=O) groups excluding carboxylic acids is 2. The number of rotatable bonds is 7. The van der Waals surface area contributed by atoms with E-state index in [4.69, 9.17) is 14.5 Å². The monoisotopic (exact) mass is 378 g/mol. The van der Waals surface area contributed by atoms with E-state index in [9.17, 15) is 13.8 Å². The lowest BCUT2D eigenvalue weighted by Gasteiger charge is -2.29. The third-order valence-corrected chi connectivity index (χ3v) is 5.09. The average Bonchev–Trinajstić information content (AvgIpc) is 3.14. The Kier molecular flexibility index (Phi) is 5.86. The maximum atomic E-state index is 12.3. The summed E-state index contributed by atoms with van der Waals surface area (Å²) >= 11 is -2.59. The molecule has 4 N–H and O–H groups in total. The summed E-state index contributed by atoms with van der Waals surface area (Å²) in [6, 6.07) is -1.59. The number of amides is 3. The Bertz CT molecular complexity index is 550. The number of aliphatic hydroxyl groups excluding tert-OH is 1. The fourth-order valence-corrected chi connectivity index (χ4v) is 3.84. The highest BCUT2D eigenvalue weighted by atomic mass is 32.2. The highest BCUT2D eigenvalue weighted by Gasteiger charge is 2.48. The minimum atomic E-state index is -2.59. The number of urea groups is 1. The summed E-state index contributed by atoms with van der Waals surface area (Å²) in [6.07, 6.45) is 1.67. The zero-order chi connectivity index (χ0) is 18.0. The molecular weight excluding hydrogens is 356 g/mol. The van der Waals surface area contributed by atoms with Crippen molar-refractivity contribution in [2.24, 2.45) is 5.92 Å². The second kappa shape index (κ2) is 7.93. The zero-order valence-corrected chi connectivity index (χ0v) is 14.3. The van der Waals surface area contributed by atoms with E-state index in [-0.39, 0.29) is 37.8 Å². The third kappa shape index (κ3) is 4.10. The number of hydroxylamine groups is 3. The number of nitrogens with zero attached hydrogens (tertiary/aromatic N) is 2. The van der Waals surface area contributed by atoms with Crippen molar-refractivity contribution >= 4 is 23.3 Å². The van der Waals surface area contributed by atoms with Gasteiger partial charge in [0.25, 0.3) is 5.91 Å². The molecule has 2 bridgehead atoms. The Labute approximate surface area is 147 Å². The van der Waals surface area contributed by atoms with E-state index >= 15 is 0 Å². The SMILES string of the molecule is O=C(NOC[C@H]1C[C@H](CO)CN1)C1CCC2CN1C(=O)N2OS(=O)O. The molecule has 0 aliphatic carbocycles. The van der Waals surface area contributed by atoms with Crippen LogP contribution in [-0.2, 0) is 25.3 Å². The van der Waals surface area contributed by atoms with Crippen molar-refractivity contribution < 1.29 is 32.6 Å². The van der Waals surface area contributed by atoms with Gasteiger partial charge in [-0.15, -0.1) is 4.28 Å². The Morgan fingerprint density at radius 1 is 1.44 bits per heavy atom. The van der Waals surface area contributed by atoms with Gasteiger partial charge >= 0.3 is 17.4 Å². The number of aliphatic hydroxyl groups is 1. The minimum Gasteiger partial charge on any atom is -0.396 e. The Hall–Kier alpha value is -1.31. The van der Waals surface area contributed by atoms with E-state index < -0.39 is 29.3 Å². The molecule has 25 heavy (non-hydrogen) atoms. The summed E-state index contributed by atoms with van der Waals surface area (Å²) in [4.78, 5) is 31.1. The molecule has 0 aromatic heterocycles. The van der Waals surface area contributed by atoms with Gasteiger partial charge < -0.3 is 15.3 Å². The maximum absolute atomic E-state index is 12.3. The van der Waals surface area contributed by atoms with E-state index in [0.717, 1.165) is 11.5 Å². The lowest BCUT2D eigenvalue weighted by atomic mass is 10.0. The number of carbonyl (C=O) groups is 2. The van der Waals surface area contributed by atoms with Crippen LogP contribution >= 0.6 is 0 Å². The summed E-state index contributed by atoms with van der Waals surface area (Å²) < 4.78 is 24.2. The number of fused-ring (bicyclic) bond motifs is 2. The van der Waals surface area contributed by atoms with E-state index in [1.807, 2.05) is 0 Å². The standard InChI is InChI=1S/C13H22N4O7S/c18-6-8-3-9(14-4-8)7-23-15-12(19)11-2-1-10-5-16(11)13(20)17(10)24-25(21)22/h8-11,14,18H,1-7H2,(H,15,19)(H,21,22)/t8-,9+,10?,11?/m0/s1. The molecule has 3 saturated heterocycles. The predicted octanol–water partition coefficient (Wildman–Crippen LogP) is -1.66. The second-order valence-electron chi connectivity index (χ2n) is 6.47.